The summed E-state index contributed by atoms with van der Waals surface area (Å²) in [5, 5.41) is 3.46. The van der Waals surface area contributed by atoms with Crippen LogP contribution in [0.5, 0.6) is 0 Å². The Kier molecular flexibility index (Phi) is 4.79. The van der Waals surface area contributed by atoms with Crippen molar-refractivity contribution in [2.75, 3.05) is 34.4 Å². The SMILES string of the molecule is CN[C@@H]1C[C@@H](OC)[C@@H](OC)C[C@H]1N1CCCC1. The van der Waals surface area contributed by atoms with Gasteiger partial charge in [-0.25, -0.2) is 0 Å². The lowest BCUT2D eigenvalue weighted by atomic mass is 9.85. The number of rotatable bonds is 4. The van der Waals surface area contributed by atoms with Crippen molar-refractivity contribution in [3.05, 3.63) is 0 Å². The molecule has 0 radical (unpaired) electrons. The van der Waals surface area contributed by atoms with Crippen LogP contribution in [-0.2, 0) is 9.47 Å². The van der Waals surface area contributed by atoms with Gasteiger partial charge >= 0.3 is 0 Å². The van der Waals surface area contributed by atoms with Gasteiger partial charge in [-0.2, -0.15) is 0 Å². The molecule has 1 heterocycles. The second-order valence-electron chi connectivity index (χ2n) is 5.23. The zero-order valence-corrected chi connectivity index (χ0v) is 11.3. The summed E-state index contributed by atoms with van der Waals surface area (Å²) in [6.07, 6.45) is 5.30. The fraction of sp³-hybridized carbons (Fsp3) is 1.00. The van der Waals surface area contributed by atoms with Crippen LogP contribution in [0.25, 0.3) is 0 Å². The van der Waals surface area contributed by atoms with E-state index >= 15 is 0 Å². The molecule has 0 aromatic rings. The van der Waals surface area contributed by atoms with E-state index in [4.69, 9.17) is 9.47 Å². The molecule has 1 N–H and O–H groups in total. The first-order valence-corrected chi connectivity index (χ1v) is 6.77. The van der Waals surface area contributed by atoms with Crippen molar-refractivity contribution in [1.82, 2.24) is 10.2 Å². The molecule has 17 heavy (non-hydrogen) atoms. The Hall–Kier alpha value is -0.160. The van der Waals surface area contributed by atoms with Crippen molar-refractivity contribution in [3.63, 3.8) is 0 Å². The third-order valence-electron chi connectivity index (χ3n) is 4.43. The summed E-state index contributed by atoms with van der Waals surface area (Å²) in [5.41, 5.74) is 0. The van der Waals surface area contributed by atoms with Crippen LogP contribution in [0.3, 0.4) is 0 Å². The summed E-state index contributed by atoms with van der Waals surface area (Å²) >= 11 is 0. The lowest BCUT2D eigenvalue weighted by Gasteiger charge is -2.43. The number of hydrogen-bond acceptors (Lipinski definition) is 4. The third-order valence-corrected chi connectivity index (χ3v) is 4.43. The van der Waals surface area contributed by atoms with Gasteiger partial charge in [0.25, 0.3) is 0 Å². The summed E-state index contributed by atoms with van der Waals surface area (Å²) in [4.78, 5) is 2.62. The normalized spacial score (nSPS) is 39.7. The minimum atomic E-state index is 0.233. The van der Waals surface area contributed by atoms with Crippen molar-refractivity contribution in [3.8, 4) is 0 Å². The predicted molar refractivity (Wildman–Crippen MR) is 68.3 cm³/mol. The van der Waals surface area contributed by atoms with E-state index in [9.17, 15) is 0 Å². The van der Waals surface area contributed by atoms with Gasteiger partial charge in [0.2, 0.25) is 0 Å². The van der Waals surface area contributed by atoms with Crippen molar-refractivity contribution >= 4 is 0 Å². The Morgan fingerprint density at radius 2 is 1.59 bits per heavy atom. The van der Waals surface area contributed by atoms with Crippen molar-refractivity contribution in [2.24, 2.45) is 0 Å². The number of hydrogen-bond donors (Lipinski definition) is 1. The van der Waals surface area contributed by atoms with Gasteiger partial charge in [0.15, 0.2) is 0 Å². The first kappa shape index (κ1) is 13.3. The number of ether oxygens (including phenoxy) is 2. The molecule has 1 aliphatic carbocycles. The topological polar surface area (TPSA) is 33.7 Å². The highest BCUT2D eigenvalue weighted by Gasteiger charge is 2.40. The Labute approximate surface area is 105 Å². The van der Waals surface area contributed by atoms with E-state index in [0.29, 0.717) is 12.1 Å². The van der Waals surface area contributed by atoms with E-state index in [0.717, 1.165) is 12.8 Å². The van der Waals surface area contributed by atoms with Crippen LogP contribution in [0, 0.1) is 0 Å². The van der Waals surface area contributed by atoms with Crippen LogP contribution in [0.1, 0.15) is 25.7 Å². The van der Waals surface area contributed by atoms with Crippen molar-refractivity contribution in [1.29, 1.82) is 0 Å². The molecule has 1 saturated carbocycles. The second-order valence-corrected chi connectivity index (χ2v) is 5.23. The average molecular weight is 242 g/mol. The number of nitrogens with zero attached hydrogens (tertiary/aromatic N) is 1. The molecule has 2 fully saturated rings. The van der Waals surface area contributed by atoms with Crippen molar-refractivity contribution in [2.45, 2.75) is 50.0 Å². The van der Waals surface area contributed by atoms with Crippen LogP contribution in [0.15, 0.2) is 0 Å². The highest BCUT2D eigenvalue weighted by molar-refractivity contribution is 4.96. The summed E-state index contributed by atoms with van der Waals surface area (Å²) in [6, 6.07) is 1.14. The largest absolute Gasteiger partial charge is 0.379 e. The quantitative estimate of drug-likeness (QED) is 0.793. The minimum Gasteiger partial charge on any atom is -0.379 e. The first-order chi connectivity index (χ1) is 8.30. The van der Waals surface area contributed by atoms with Crippen LogP contribution >= 0.6 is 0 Å². The molecule has 0 aromatic heterocycles. The average Bonchev–Trinajstić information content (AvgIpc) is 2.90. The van der Waals surface area contributed by atoms with Crippen LogP contribution < -0.4 is 5.32 Å². The molecule has 1 aliphatic heterocycles. The van der Waals surface area contributed by atoms with E-state index in [1.165, 1.54) is 25.9 Å². The molecule has 4 nitrogen and oxygen atoms in total. The molecule has 100 valence electrons. The molecular weight excluding hydrogens is 216 g/mol. The van der Waals surface area contributed by atoms with Gasteiger partial charge < -0.3 is 14.8 Å². The number of likely N-dealkylation sites (N-methyl/N-ethyl adjacent to an activating group) is 1. The molecular formula is C13H26N2O2. The van der Waals surface area contributed by atoms with Gasteiger partial charge in [-0.15, -0.1) is 0 Å². The number of nitrogens with one attached hydrogen (secondary N) is 1. The molecule has 1 saturated heterocycles. The van der Waals surface area contributed by atoms with Gasteiger partial charge in [-0.05, 0) is 45.8 Å². The number of likely N-dealkylation sites (tertiary alicyclic amines) is 1. The van der Waals surface area contributed by atoms with E-state index in [2.05, 4.69) is 17.3 Å². The highest BCUT2D eigenvalue weighted by Crippen LogP contribution is 2.29. The van der Waals surface area contributed by atoms with E-state index in [1.807, 2.05) is 0 Å². The van der Waals surface area contributed by atoms with Gasteiger partial charge in [0.1, 0.15) is 0 Å². The maximum atomic E-state index is 5.60. The molecule has 2 aliphatic rings. The Bertz CT molecular complexity index is 231. The molecule has 0 amide bonds. The fourth-order valence-electron chi connectivity index (χ4n) is 3.40. The lowest BCUT2D eigenvalue weighted by Crippen LogP contribution is -2.57. The molecule has 0 aromatic carbocycles. The Balaban J connectivity index is 2.03. The summed E-state index contributed by atoms with van der Waals surface area (Å²) < 4.78 is 11.2. The minimum absolute atomic E-state index is 0.233. The molecule has 0 unspecified atom stereocenters. The van der Waals surface area contributed by atoms with Gasteiger partial charge in [-0.3, -0.25) is 4.90 Å². The number of methoxy groups -OCH3 is 2. The predicted octanol–water partition coefficient (Wildman–Crippen LogP) is 0.863. The van der Waals surface area contributed by atoms with E-state index < -0.39 is 0 Å². The summed E-state index contributed by atoms with van der Waals surface area (Å²) in [7, 11) is 5.66. The second kappa shape index (κ2) is 6.14. The van der Waals surface area contributed by atoms with E-state index in [1.54, 1.807) is 14.2 Å². The van der Waals surface area contributed by atoms with E-state index in [-0.39, 0.29) is 12.2 Å². The molecule has 0 spiro atoms. The van der Waals surface area contributed by atoms with Gasteiger partial charge in [-0.1, -0.05) is 0 Å². The zero-order chi connectivity index (χ0) is 12.3. The first-order valence-electron chi connectivity index (χ1n) is 6.77. The molecule has 2 rings (SSSR count). The summed E-state index contributed by atoms with van der Waals surface area (Å²) in [5.74, 6) is 0. The summed E-state index contributed by atoms with van der Waals surface area (Å²) in [6.45, 7) is 2.49. The van der Waals surface area contributed by atoms with Crippen LogP contribution in [0.2, 0.25) is 0 Å². The zero-order valence-electron chi connectivity index (χ0n) is 11.3. The van der Waals surface area contributed by atoms with Gasteiger partial charge in [0.05, 0.1) is 12.2 Å². The molecule has 4 heteroatoms. The Morgan fingerprint density at radius 3 is 2.12 bits per heavy atom. The Morgan fingerprint density at radius 1 is 1.00 bits per heavy atom. The molecule has 0 bridgehead atoms. The van der Waals surface area contributed by atoms with Gasteiger partial charge in [0, 0.05) is 26.3 Å². The maximum Gasteiger partial charge on any atom is 0.0848 e. The smallest absolute Gasteiger partial charge is 0.0848 e. The highest BCUT2D eigenvalue weighted by atomic mass is 16.5. The lowest BCUT2D eigenvalue weighted by molar-refractivity contribution is -0.0843. The van der Waals surface area contributed by atoms with Crippen molar-refractivity contribution < 1.29 is 9.47 Å². The maximum absolute atomic E-state index is 5.60. The van der Waals surface area contributed by atoms with Crippen LogP contribution in [-0.4, -0.2) is 63.5 Å². The third kappa shape index (κ3) is 2.81. The monoisotopic (exact) mass is 242 g/mol. The fourth-order valence-corrected chi connectivity index (χ4v) is 3.40. The standard InChI is InChI=1S/C13H26N2O2/c1-14-10-8-12(16-2)13(17-3)9-11(10)15-6-4-5-7-15/h10-14H,4-9H2,1-3H3/t10-,11-,12-,13+/m1/s1. The molecule has 4 atom stereocenters. The van der Waals surface area contributed by atoms with Crippen LogP contribution in [0.4, 0.5) is 0 Å².